The third-order valence-corrected chi connectivity index (χ3v) is 3.18. The zero-order valence-corrected chi connectivity index (χ0v) is 11.6. The van der Waals surface area contributed by atoms with Gasteiger partial charge in [-0.15, -0.1) is 0 Å². The molecule has 112 valence electrons. The standard InChI is InChI=1S/C14H20F2N2O2/c1-3-9(2)12(17)13(19)18-8-10-4-6-11(7-5-10)20-14(15)16/h4-7,9,12,14H,3,8,17H2,1-2H3,(H,18,19)/t9-,12-/m0/s1. The van der Waals surface area contributed by atoms with Crippen LogP contribution in [0.4, 0.5) is 8.78 Å². The number of benzene rings is 1. The van der Waals surface area contributed by atoms with Crippen molar-refractivity contribution in [3.63, 3.8) is 0 Å². The minimum atomic E-state index is -2.84. The maximum atomic E-state index is 12.0. The molecule has 1 amide bonds. The zero-order valence-electron chi connectivity index (χ0n) is 11.6. The van der Waals surface area contributed by atoms with Crippen LogP contribution < -0.4 is 15.8 Å². The van der Waals surface area contributed by atoms with Gasteiger partial charge in [0.2, 0.25) is 5.91 Å². The Labute approximate surface area is 117 Å². The van der Waals surface area contributed by atoms with Crippen molar-refractivity contribution in [2.24, 2.45) is 11.7 Å². The summed E-state index contributed by atoms with van der Waals surface area (Å²) in [6, 6.07) is 5.56. The second kappa shape index (κ2) is 7.79. The molecule has 0 fully saturated rings. The lowest BCUT2D eigenvalue weighted by Gasteiger charge is -2.17. The zero-order chi connectivity index (χ0) is 15.1. The number of halogens is 2. The van der Waals surface area contributed by atoms with Crippen molar-refractivity contribution in [3.05, 3.63) is 29.8 Å². The van der Waals surface area contributed by atoms with Crippen LogP contribution in [0.5, 0.6) is 5.75 Å². The number of nitrogens with one attached hydrogen (secondary N) is 1. The molecular formula is C14H20F2N2O2. The van der Waals surface area contributed by atoms with Crippen LogP contribution in [-0.4, -0.2) is 18.6 Å². The highest BCUT2D eigenvalue weighted by Gasteiger charge is 2.18. The van der Waals surface area contributed by atoms with Gasteiger partial charge in [0.15, 0.2) is 0 Å². The number of rotatable bonds is 7. The minimum absolute atomic E-state index is 0.0892. The molecule has 0 aromatic heterocycles. The molecule has 1 rings (SSSR count). The second-order valence-corrected chi connectivity index (χ2v) is 4.65. The van der Waals surface area contributed by atoms with Crippen molar-refractivity contribution in [2.45, 2.75) is 39.5 Å². The van der Waals surface area contributed by atoms with Gasteiger partial charge in [-0.25, -0.2) is 0 Å². The highest BCUT2D eigenvalue weighted by molar-refractivity contribution is 5.81. The molecule has 4 nitrogen and oxygen atoms in total. The summed E-state index contributed by atoms with van der Waals surface area (Å²) in [6.07, 6.45) is 0.828. The van der Waals surface area contributed by atoms with E-state index in [2.05, 4.69) is 10.1 Å². The topological polar surface area (TPSA) is 64.4 Å². The SMILES string of the molecule is CC[C@H](C)[C@H](N)C(=O)NCc1ccc(OC(F)F)cc1. The summed E-state index contributed by atoms with van der Waals surface area (Å²) in [6.45, 7) is 1.35. The Morgan fingerprint density at radius 3 is 2.45 bits per heavy atom. The Bertz CT molecular complexity index is 424. The van der Waals surface area contributed by atoms with Gasteiger partial charge < -0.3 is 15.8 Å². The molecule has 0 unspecified atom stereocenters. The highest BCUT2D eigenvalue weighted by atomic mass is 19.3. The fourth-order valence-corrected chi connectivity index (χ4v) is 1.61. The van der Waals surface area contributed by atoms with E-state index in [9.17, 15) is 13.6 Å². The molecule has 0 saturated carbocycles. The van der Waals surface area contributed by atoms with Crippen molar-refractivity contribution in [3.8, 4) is 5.75 Å². The van der Waals surface area contributed by atoms with E-state index in [-0.39, 0.29) is 17.6 Å². The first-order valence-corrected chi connectivity index (χ1v) is 6.51. The number of alkyl halides is 2. The molecule has 0 saturated heterocycles. The van der Waals surface area contributed by atoms with E-state index < -0.39 is 12.7 Å². The van der Waals surface area contributed by atoms with E-state index in [1.807, 2.05) is 13.8 Å². The first-order chi connectivity index (χ1) is 9.43. The largest absolute Gasteiger partial charge is 0.435 e. The average Bonchev–Trinajstić information content (AvgIpc) is 2.44. The van der Waals surface area contributed by atoms with Gasteiger partial charge in [-0.3, -0.25) is 4.79 Å². The molecule has 3 N–H and O–H groups in total. The van der Waals surface area contributed by atoms with Crippen molar-refractivity contribution in [2.75, 3.05) is 0 Å². The lowest BCUT2D eigenvalue weighted by atomic mass is 9.99. The molecule has 0 aliphatic heterocycles. The molecule has 0 radical (unpaired) electrons. The van der Waals surface area contributed by atoms with Crippen molar-refractivity contribution in [1.82, 2.24) is 5.32 Å². The summed E-state index contributed by atoms with van der Waals surface area (Å²) in [5, 5.41) is 2.72. The third kappa shape index (κ3) is 5.13. The van der Waals surface area contributed by atoms with Gasteiger partial charge in [-0.1, -0.05) is 32.4 Å². The lowest BCUT2D eigenvalue weighted by molar-refractivity contribution is -0.123. The van der Waals surface area contributed by atoms with Gasteiger partial charge in [0.05, 0.1) is 6.04 Å². The number of hydrogen-bond donors (Lipinski definition) is 2. The summed E-state index contributed by atoms with van der Waals surface area (Å²) >= 11 is 0. The van der Waals surface area contributed by atoms with Gasteiger partial charge in [0.25, 0.3) is 0 Å². The fraction of sp³-hybridized carbons (Fsp3) is 0.500. The molecule has 0 aliphatic carbocycles. The number of hydrogen-bond acceptors (Lipinski definition) is 3. The predicted molar refractivity (Wildman–Crippen MR) is 72.4 cm³/mol. The quantitative estimate of drug-likeness (QED) is 0.808. The normalized spacial score (nSPS) is 13.9. The van der Waals surface area contributed by atoms with Crippen LogP contribution in [-0.2, 0) is 11.3 Å². The number of nitrogens with two attached hydrogens (primary N) is 1. The Morgan fingerprint density at radius 1 is 1.35 bits per heavy atom. The molecule has 20 heavy (non-hydrogen) atoms. The van der Waals surface area contributed by atoms with Crippen LogP contribution in [0.2, 0.25) is 0 Å². The van der Waals surface area contributed by atoms with E-state index in [0.717, 1.165) is 12.0 Å². The maximum Gasteiger partial charge on any atom is 0.387 e. The molecule has 0 heterocycles. The second-order valence-electron chi connectivity index (χ2n) is 4.65. The summed E-state index contributed by atoms with van der Waals surface area (Å²) < 4.78 is 28.2. The lowest BCUT2D eigenvalue weighted by Crippen LogP contribution is -2.44. The monoisotopic (exact) mass is 286 g/mol. The maximum absolute atomic E-state index is 12.0. The van der Waals surface area contributed by atoms with E-state index in [1.54, 1.807) is 12.1 Å². The smallest absolute Gasteiger partial charge is 0.387 e. The van der Waals surface area contributed by atoms with Crippen molar-refractivity contribution < 1.29 is 18.3 Å². The van der Waals surface area contributed by atoms with Crippen LogP contribution in [0.3, 0.4) is 0 Å². The predicted octanol–water partition coefficient (Wildman–Crippen LogP) is 2.28. The van der Waals surface area contributed by atoms with Crippen molar-refractivity contribution >= 4 is 5.91 Å². The molecule has 6 heteroatoms. The summed E-state index contributed by atoms with van der Waals surface area (Å²) in [5.74, 6) is -0.0181. The summed E-state index contributed by atoms with van der Waals surface area (Å²) in [4.78, 5) is 11.8. The summed E-state index contributed by atoms with van der Waals surface area (Å²) in [7, 11) is 0. The van der Waals surface area contributed by atoms with E-state index in [0.29, 0.717) is 6.54 Å². The number of amides is 1. The molecule has 1 aromatic carbocycles. The third-order valence-electron chi connectivity index (χ3n) is 3.18. The Hall–Kier alpha value is -1.69. The molecule has 2 atom stereocenters. The molecule has 0 spiro atoms. The number of carbonyl (C=O) groups is 1. The van der Waals surface area contributed by atoms with Gasteiger partial charge in [0.1, 0.15) is 5.75 Å². The van der Waals surface area contributed by atoms with Crippen LogP contribution in [0, 0.1) is 5.92 Å². The van der Waals surface area contributed by atoms with Crippen molar-refractivity contribution in [1.29, 1.82) is 0 Å². The van der Waals surface area contributed by atoms with Gasteiger partial charge in [0, 0.05) is 6.54 Å². The van der Waals surface area contributed by atoms with E-state index >= 15 is 0 Å². The number of ether oxygens (including phenoxy) is 1. The van der Waals surface area contributed by atoms with Crippen LogP contribution in [0.15, 0.2) is 24.3 Å². The fourth-order valence-electron chi connectivity index (χ4n) is 1.61. The number of carbonyl (C=O) groups excluding carboxylic acids is 1. The minimum Gasteiger partial charge on any atom is -0.435 e. The highest BCUT2D eigenvalue weighted by Crippen LogP contribution is 2.14. The van der Waals surface area contributed by atoms with Gasteiger partial charge in [-0.05, 0) is 23.6 Å². The van der Waals surface area contributed by atoms with E-state index in [1.165, 1.54) is 12.1 Å². The Kier molecular flexibility index (Phi) is 6.38. The molecule has 0 bridgehead atoms. The van der Waals surface area contributed by atoms with E-state index in [4.69, 9.17) is 5.73 Å². The first-order valence-electron chi connectivity index (χ1n) is 6.51. The van der Waals surface area contributed by atoms with Crippen LogP contribution >= 0.6 is 0 Å². The van der Waals surface area contributed by atoms with Crippen LogP contribution in [0.1, 0.15) is 25.8 Å². The Balaban J connectivity index is 2.47. The van der Waals surface area contributed by atoms with Gasteiger partial charge in [-0.2, -0.15) is 8.78 Å². The molecule has 1 aromatic rings. The molecular weight excluding hydrogens is 266 g/mol. The van der Waals surface area contributed by atoms with Gasteiger partial charge >= 0.3 is 6.61 Å². The Morgan fingerprint density at radius 2 is 1.95 bits per heavy atom. The average molecular weight is 286 g/mol. The summed E-state index contributed by atoms with van der Waals surface area (Å²) in [5.41, 5.74) is 6.59. The first kappa shape index (κ1) is 16.4. The molecule has 0 aliphatic rings. The van der Waals surface area contributed by atoms with Crippen LogP contribution in [0.25, 0.3) is 0 Å².